The molecule has 1 aliphatic rings. The second kappa shape index (κ2) is 6.61. The summed E-state index contributed by atoms with van der Waals surface area (Å²) in [6.45, 7) is 4.04. The quantitative estimate of drug-likeness (QED) is 0.794. The van der Waals surface area contributed by atoms with E-state index < -0.39 is 17.9 Å². The van der Waals surface area contributed by atoms with Crippen molar-refractivity contribution in [2.24, 2.45) is 0 Å². The number of hydrogen-bond donors (Lipinski definition) is 2. The van der Waals surface area contributed by atoms with Gasteiger partial charge in [0.1, 0.15) is 0 Å². The number of halogens is 2. The Hall–Kier alpha value is -2.03. The zero-order valence-corrected chi connectivity index (χ0v) is 12.2. The number of nitrogens with one attached hydrogen (secondary N) is 1. The Bertz CT molecular complexity index is 713. The van der Waals surface area contributed by atoms with Gasteiger partial charge in [0.15, 0.2) is 17.9 Å². The lowest BCUT2D eigenvalue weighted by Gasteiger charge is -2.14. The zero-order valence-electron chi connectivity index (χ0n) is 12.2. The van der Waals surface area contributed by atoms with E-state index in [-0.39, 0.29) is 35.0 Å². The number of nitrogens with zero attached hydrogens (tertiary/aromatic N) is 1. The third kappa shape index (κ3) is 2.92. The second-order valence-corrected chi connectivity index (χ2v) is 5.12. The maximum absolute atomic E-state index is 14.2. The minimum Gasteiger partial charge on any atom is -0.394 e. The number of fused-ring (bicyclic) bond motifs is 1. The standard InChI is InChI=1S/C15H16F2N2O4/c1-2-3-8(7-20)18-14-10-6-9(15-21-4-5-22-15)11(16)12(17)13(10)23-19-14/h2,6,8,15,20H,1,3-5,7H2,(H,18,19)/t8-/m0/s1. The van der Waals surface area contributed by atoms with Gasteiger partial charge in [0.2, 0.25) is 11.4 Å². The average Bonchev–Trinajstić information content (AvgIpc) is 3.20. The number of aliphatic hydroxyl groups is 1. The first-order valence-electron chi connectivity index (χ1n) is 7.14. The van der Waals surface area contributed by atoms with Crippen LogP contribution in [-0.4, -0.2) is 36.1 Å². The summed E-state index contributed by atoms with van der Waals surface area (Å²) in [5.41, 5.74) is -0.356. The predicted molar refractivity (Wildman–Crippen MR) is 77.9 cm³/mol. The SMILES string of the molecule is C=CC[C@@H](CO)Nc1noc2c(F)c(F)c(C3OCCO3)cc12. The molecule has 1 aromatic heterocycles. The molecular weight excluding hydrogens is 310 g/mol. The third-order valence-corrected chi connectivity index (χ3v) is 3.56. The van der Waals surface area contributed by atoms with Crippen LogP contribution in [-0.2, 0) is 9.47 Å². The van der Waals surface area contributed by atoms with Crippen molar-refractivity contribution in [2.45, 2.75) is 18.8 Å². The second-order valence-electron chi connectivity index (χ2n) is 5.12. The summed E-state index contributed by atoms with van der Waals surface area (Å²) in [5, 5.41) is 16.2. The highest BCUT2D eigenvalue weighted by Gasteiger charge is 2.28. The summed E-state index contributed by atoms with van der Waals surface area (Å²) < 4.78 is 43.7. The number of rotatable bonds is 6. The predicted octanol–water partition coefficient (Wildman–Crippen LogP) is 2.50. The molecule has 3 rings (SSSR count). The normalized spacial score (nSPS) is 16.8. The maximum Gasteiger partial charge on any atom is 0.207 e. The van der Waals surface area contributed by atoms with Crippen LogP contribution in [0, 0.1) is 11.6 Å². The number of anilines is 1. The van der Waals surface area contributed by atoms with Crippen LogP contribution in [0.1, 0.15) is 18.3 Å². The lowest BCUT2D eigenvalue weighted by Crippen LogP contribution is -2.23. The van der Waals surface area contributed by atoms with Crippen LogP contribution in [0.3, 0.4) is 0 Å². The molecule has 6 nitrogen and oxygen atoms in total. The molecule has 1 fully saturated rings. The van der Waals surface area contributed by atoms with Crippen molar-refractivity contribution in [1.82, 2.24) is 5.16 Å². The summed E-state index contributed by atoms with van der Waals surface area (Å²) >= 11 is 0. The van der Waals surface area contributed by atoms with Crippen LogP contribution < -0.4 is 5.32 Å². The van der Waals surface area contributed by atoms with Crippen molar-refractivity contribution in [3.8, 4) is 0 Å². The Labute approximate surface area is 130 Å². The largest absolute Gasteiger partial charge is 0.394 e. The van der Waals surface area contributed by atoms with Gasteiger partial charge >= 0.3 is 0 Å². The molecule has 23 heavy (non-hydrogen) atoms. The third-order valence-electron chi connectivity index (χ3n) is 3.56. The first-order chi connectivity index (χ1) is 11.2. The van der Waals surface area contributed by atoms with Gasteiger partial charge in [-0.15, -0.1) is 6.58 Å². The van der Waals surface area contributed by atoms with E-state index in [0.29, 0.717) is 19.6 Å². The van der Waals surface area contributed by atoms with Gasteiger partial charge in [-0.25, -0.2) is 4.39 Å². The van der Waals surface area contributed by atoms with Crippen LogP contribution in [0.4, 0.5) is 14.6 Å². The molecular formula is C15H16F2N2O4. The van der Waals surface area contributed by atoms with Gasteiger partial charge in [0.05, 0.1) is 31.2 Å². The van der Waals surface area contributed by atoms with E-state index in [1.807, 2.05) is 0 Å². The van der Waals surface area contributed by atoms with Crippen LogP contribution in [0.15, 0.2) is 23.2 Å². The van der Waals surface area contributed by atoms with Crippen LogP contribution in [0.25, 0.3) is 11.0 Å². The van der Waals surface area contributed by atoms with Gasteiger partial charge in [0.25, 0.3) is 0 Å². The van der Waals surface area contributed by atoms with E-state index in [1.54, 1.807) is 6.08 Å². The fraction of sp³-hybridized carbons (Fsp3) is 0.400. The lowest BCUT2D eigenvalue weighted by molar-refractivity contribution is -0.0467. The molecule has 0 amide bonds. The molecule has 2 heterocycles. The van der Waals surface area contributed by atoms with Gasteiger partial charge in [0, 0.05) is 5.56 Å². The Kier molecular flexibility index (Phi) is 4.56. The van der Waals surface area contributed by atoms with E-state index in [0.717, 1.165) is 0 Å². The first kappa shape index (κ1) is 15.9. The van der Waals surface area contributed by atoms with Crippen LogP contribution in [0.2, 0.25) is 0 Å². The van der Waals surface area contributed by atoms with Gasteiger partial charge in [-0.05, 0) is 12.5 Å². The highest BCUT2D eigenvalue weighted by atomic mass is 19.2. The minimum atomic E-state index is -1.15. The van der Waals surface area contributed by atoms with Crippen molar-refractivity contribution < 1.29 is 27.9 Å². The lowest BCUT2D eigenvalue weighted by atomic mass is 10.1. The smallest absolute Gasteiger partial charge is 0.207 e. The van der Waals surface area contributed by atoms with E-state index in [9.17, 15) is 13.9 Å². The average molecular weight is 326 g/mol. The molecule has 0 bridgehead atoms. The molecule has 0 radical (unpaired) electrons. The number of aromatic nitrogens is 1. The van der Waals surface area contributed by atoms with Crippen molar-refractivity contribution >= 4 is 16.8 Å². The zero-order chi connectivity index (χ0) is 16.4. The Balaban J connectivity index is 2.02. The van der Waals surface area contributed by atoms with Gasteiger partial charge in [-0.2, -0.15) is 4.39 Å². The van der Waals surface area contributed by atoms with E-state index in [2.05, 4.69) is 17.1 Å². The highest BCUT2D eigenvalue weighted by Crippen LogP contribution is 2.34. The molecule has 0 saturated carbocycles. The Morgan fingerprint density at radius 3 is 2.78 bits per heavy atom. The summed E-state index contributed by atoms with van der Waals surface area (Å²) in [6.07, 6.45) is 1.14. The summed E-state index contributed by atoms with van der Waals surface area (Å²) in [7, 11) is 0. The minimum absolute atomic E-state index is 0.0528. The van der Waals surface area contributed by atoms with Gasteiger partial charge in [-0.1, -0.05) is 11.2 Å². The number of ether oxygens (including phenoxy) is 2. The van der Waals surface area contributed by atoms with Crippen molar-refractivity contribution in [3.63, 3.8) is 0 Å². The molecule has 1 saturated heterocycles. The van der Waals surface area contributed by atoms with Gasteiger partial charge in [-0.3, -0.25) is 0 Å². The molecule has 1 aliphatic heterocycles. The van der Waals surface area contributed by atoms with E-state index >= 15 is 0 Å². The fourth-order valence-electron chi connectivity index (χ4n) is 2.42. The Morgan fingerprint density at radius 2 is 2.13 bits per heavy atom. The molecule has 0 spiro atoms. The number of hydrogen-bond acceptors (Lipinski definition) is 6. The van der Waals surface area contributed by atoms with E-state index in [1.165, 1.54) is 6.07 Å². The Morgan fingerprint density at radius 1 is 1.39 bits per heavy atom. The van der Waals surface area contributed by atoms with Crippen molar-refractivity contribution in [2.75, 3.05) is 25.1 Å². The number of aliphatic hydroxyl groups excluding tert-OH is 1. The fourth-order valence-corrected chi connectivity index (χ4v) is 2.42. The van der Waals surface area contributed by atoms with Crippen molar-refractivity contribution in [3.05, 3.63) is 35.9 Å². The molecule has 2 aromatic rings. The molecule has 0 aliphatic carbocycles. The molecule has 1 aromatic carbocycles. The molecule has 8 heteroatoms. The van der Waals surface area contributed by atoms with Crippen molar-refractivity contribution in [1.29, 1.82) is 0 Å². The molecule has 2 N–H and O–H groups in total. The molecule has 124 valence electrons. The summed E-state index contributed by atoms with van der Waals surface area (Å²) in [5.74, 6) is -2.03. The van der Waals surface area contributed by atoms with E-state index in [4.69, 9.17) is 14.0 Å². The molecule has 0 unspecified atom stereocenters. The van der Waals surface area contributed by atoms with Crippen LogP contribution in [0.5, 0.6) is 0 Å². The monoisotopic (exact) mass is 326 g/mol. The molecule has 1 atom stereocenters. The summed E-state index contributed by atoms with van der Waals surface area (Å²) in [6, 6.07) is 1.02. The van der Waals surface area contributed by atoms with Crippen LogP contribution >= 0.6 is 0 Å². The maximum atomic E-state index is 14.2. The summed E-state index contributed by atoms with van der Waals surface area (Å²) in [4.78, 5) is 0. The van der Waals surface area contributed by atoms with Gasteiger partial charge < -0.3 is 24.4 Å². The topological polar surface area (TPSA) is 76.8 Å². The first-order valence-corrected chi connectivity index (χ1v) is 7.14. The number of benzene rings is 1. The highest BCUT2D eigenvalue weighted by molar-refractivity contribution is 5.89.